The van der Waals surface area contributed by atoms with E-state index in [2.05, 4.69) is 10.4 Å². The highest BCUT2D eigenvalue weighted by atomic mass is 16.5. The maximum absolute atomic E-state index is 12.3. The maximum Gasteiger partial charge on any atom is 0.269 e. The molecule has 5 nitrogen and oxygen atoms in total. The van der Waals surface area contributed by atoms with Gasteiger partial charge in [0.25, 0.3) is 5.91 Å². The molecule has 1 aromatic carbocycles. The summed E-state index contributed by atoms with van der Waals surface area (Å²) in [7, 11) is 1.80. The Morgan fingerprint density at radius 1 is 1.36 bits per heavy atom. The van der Waals surface area contributed by atoms with E-state index in [0.717, 1.165) is 42.4 Å². The van der Waals surface area contributed by atoms with Crippen molar-refractivity contribution in [3.05, 3.63) is 47.3 Å². The third kappa shape index (κ3) is 5.08. The number of amides is 1. The summed E-state index contributed by atoms with van der Waals surface area (Å²) in [6.45, 7) is 3.27. The van der Waals surface area contributed by atoms with Gasteiger partial charge in [0.15, 0.2) is 0 Å². The molecule has 2 aromatic rings. The van der Waals surface area contributed by atoms with Crippen LogP contribution in [0.4, 0.5) is 0 Å². The zero-order valence-electron chi connectivity index (χ0n) is 15.1. The van der Waals surface area contributed by atoms with Gasteiger partial charge < -0.3 is 10.1 Å². The number of nitrogens with one attached hydrogen (secondary N) is 1. The number of hydrogen-bond acceptors (Lipinski definition) is 3. The van der Waals surface area contributed by atoms with Crippen LogP contribution in [0.3, 0.4) is 0 Å². The second-order valence-electron chi connectivity index (χ2n) is 6.76. The van der Waals surface area contributed by atoms with Crippen molar-refractivity contribution in [2.45, 2.75) is 45.6 Å². The van der Waals surface area contributed by atoms with Crippen molar-refractivity contribution in [3.63, 3.8) is 0 Å². The predicted octanol–water partition coefficient (Wildman–Crippen LogP) is 3.48. The summed E-state index contributed by atoms with van der Waals surface area (Å²) >= 11 is 0. The predicted molar refractivity (Wildman–Crippen MR) is 97.7 cm³/mol. The Morgan fingerprint density at radius 3 is 2.92 bits per heavy atom. The Balaban J connectivity index is 1.49. The van der Waals surface area contributed by atoms with E-state index in [9.17, 15) is 4.79 Å². The Labute approximate surface area is 149 Å². The molecule has 0 unspecified atom stereocenters. The molecule has 3 rings (SSSR count). The van der Waals surface area contributed by atoms with Crippen molar-refractivity contribution in [1.82, 2.24) is 15.1 Å². The van der Waals surface area contributed by atoms with E-state index in [4.69, 9.17) is 4.74 Å². The average molecular weight is 341 g/mol. The molecule has 1 amide bonds. The van der Waals surface area contributed by atoms with Crippen LogP contribution in [-0.4, -0.2) is 22.3 Å². The highest BCUT2D eigenvalue weighted by Crippen LogP contribution is 2.33. The molecule has 0 saturated heterocycles. The van der Waals surface area contributed by atoms with Gasteiger partial charge in [0.05, 0.1) is 12.3 Å². The minimum atomic E-state index is -0.106. The van der Waals surface area contributed by atoms with Gasteiger partial charge in [-0.2, -0.15) is 5.10 Å². The van der Waals surface area contributed by atoms with Crippen LogP contribution >= 0.6 is 0 Å². The van der Waals surface area contributed by atoms with E-state index < -0.39 is 0 Å². The molecular formula is C20H27N3O2. The second-order valence-corrected chi connectivity index (χ2v) is 6.76. The van der Waals surface area contributed by atoms with Gasteiger partial charge in [-0.15, -0.1) is 0 Å². The SMILES string of the molecule is CCc1cc(C(=O)NCc2cccc(OCCCC3CC3)c2)n(C)n1. The van der Waals surface area contributed by atoms with Crippen LogP contribution < -0.4 is 10.1 Å². The van der Waals surface area contributed by atoms with Crippen LogP contribution in [0.25, 0.3) is 0 Å². The van der Waals surface area contributed by atoms with E-state index >= 15 is 0 Å². The van der Waals surface area contributed by atoms with Gasteiger partial charge >= 0.3 is 0 Å². The number of carbonyl (C=O) groups excluding carboxylic acids is 1. The Morgan fingerprint density at radius 2 is 2.20 bits per heavy atom. The third-order valence-electron chi connectivity index (χ3n) is 4.60. The third-order valence-corrected chi connectivity index (χ3v) is 4.60. The van der Waals surface area contributed by atoms with E-state index in [-0.39, 0.29) is 5.91 Å². The van der Waals surface area contributed by atoms with Crippen molar-refractivity contribution in [1.29, 1.82) is 0 Å². The fraction of sp³-hybridized carbons (Fsp3) is 0.500. The van der Waals surface area contributed by atoms with Gasteiger partial charge in [-0.3, -0.25) is 9.48 Å². The molecule has 1 aliphatic carbocycles. The standard InChI is InChI=1S/C20H27N3O2/c1-3-17-13-19(23(2)22-17)20(24)21-14-16-6-4-8-18(12-16)25-11-5-7-15-9-10-15/h4,6,8,12-13,15H,3,5,7,9-11,14H2,1-2H3,(H,21,24). The molecule has 0 radical (unpaired) electrons. The topological polar surface area (TPSA) is 56.1 Å². The number of rotatable bonds is 9. The summed E-state index contributed by atoms with van der Waals surface area (Å²) in [6.07, 6.45) is 6.00. The first-order valence-electron chi connectivity index (χ1n) is 9.18. The van der Waals surface area contributed by atoms with Crippen molar-refractivity contribution in [3.8, 4) is 5.75 Å². The molecule has 25 heavy (non-hydrogen) atoms. The summed E-state index contributed by atoms with van der Waals surface area (Å²) in [6, 6.07) is 9.78. The lowest BCUT2D eigenvalue weighted by molar-refractivity contribution is 0.0941. The van der Waals surface area contributed by atoms with Gasteiger partial charge in [-0.05, 0) is 48.9 Å². The fourth-order valence-electron chi connectivity index (χ4n) is 2.90. The largest absolute Gasteiger partial charge is 0.494 e. The van der Waals surface area contributed by atoms with Crippen LogP contribution in [0.2, 0.25) is 0 Å². The smallest absolute Gasteiger partial charge is 0.269 e. The molecule has 0 atom stereocenters. The first-order valence-corrected chi connectivity index (χ1v) is 9.18. The lowest BCUT2D eigenvalue weighted by Crippen LogP contribution is -2.25. The molecule has 134 valence electrons. The Bertz CT molecular complexity index is 719. The number of benzene rings is 1. The number of nitrogens with zero attached hydrogens (tertiary/aromatic N) is 2. The molecule has 1 aliphatic rings. The van der Waals surface area contributed by atoms with Gasteiger partial charge in [-0.1, -0.05) is 31.9 Å². The minimum Gasteiger partial charge on any atom is -0.494 e. The zero-order chi connectivity index (χ0) is 17.6. The van der Waals surface area contributed by atoms with Gasteiger partial charge in [0.2, 0.25) is 0 Å². The normalized spacial score (nSPS) is 13.7. The molecule has 0 aliphatic heterocycles. The van der Waals surface area contributed by atoms with E-state index in [1.165, 1.54) is 19.3 Å². The van der Waals surface area contributed by atoms with Crippen LogP contribution in [0.5, 0.6) is 5.75 Å². The first kappa shape index (κ1) is 17.5. The molecule has 1 saturated carbocycles. The lowest BCUT2D eigenvalue weighted by Gasteiger charge is -2.09. The van der Waals surface area contributed by atoms with Gasteiger partial charge in [0, 0.05) is 13.6 Å². The fourth-order valence-corrected chi connectivity index (χ4v) is 2.90. The zero-order valence-corrected chi connectivity index (χ0v) is 15.1. The maximum atomic E-state index is 12.3. The van der Waals surface area contributed by atoms with Crippen LogP contribution in [0.15, 0.2) is 30.3 Å². The van der Waals surface area contributed by atoms with Crippen LogP contribution in [0.1, 0.15) is 54.4 Å². The number of hydrogen-bond donors (Lipinski definition) is 1. The lowest BCUT2D eigenvalue weighted by atomic mass is 10.2. The second kappa shape index (κ2) is 8.19. The number of aryl methyl sites for hydroxylation is 2. The molecular weight excluding hydrogens is 314 g/mol. The summed E-state index contributed by atoms with van der Waals surface area (Å²) in [5.41, 5.74) is 2.55. The number of aromatic nitrogens is 2. The molecule has 5 heteroatoms. The molecule has 0 spiro atoms. The van der Waals surface area contributed by atoms with Gasteiger partial charge in [-0.25, -0.2) is 0 Å². The molecule has 1 aromatic heterocycles. The monoisotopic (exact) mass is 341 g/mol. The summed E-state index contributed by atoms with van der Waals surface area (Å²) in [4.78, 5) is 12.3. The molecule has 1 heterocycles. The highest BCUT2D eigenvalue weighted by molar-refractivity contribution is 5.92. The van der Waals surface area contributed by atoms with Crippen molar-refractivity contribution in [2.24, 2.45) is 13.0 Å². The van der Waals surface area contributed by atoms with Crippen molar-refractivity contribution in [2.75, 3.05) is 6.61 Å². The van der Waals surface area contributed by atoms with Crippen LogP contribution in [-0.2, 0) is 20.0 Å². The summed E-state index contributed by atoms with van der Waals surface area (Å²) < 4.78 is 7.46. The molecule has 1 fully saturated rings. The summed E-state index contributed by atoms with van der Waals surface area (Å²) in [5, 5.41) is 7.27. The Kier molecular flexibility index (Phi) is 5.74. The van der Waals surface area contributed by atoms with E-state index in [0.29, 0.717) is 12.2 Å². The quantitative estimate of drug-likeness (QED) is 0.711. The Hall–Kier alpha value is -2.30. The van der Waals surface area contributed by atoms with Crippen LogP contribution in [0, 0.1) is 5.92 Å². The average Bonchev–Trinajstić information content (AvgIpc) is 3.37. The minimum absolute atomic E-state index is 0.106. The number of ether oxygens (including phenoxy) is 1. The highest BCUT2D eigenvalue weighted by Gasteiger charge is 2.20. The summed E-state index contributed by atoms with van der Waals surface area (Å²) in [5.74, 6) is 1.71. The molecule has 1 N–H and O–H groups in total. The van der Waals surface area contributed by atoms with E-state index in [1.54, 1.807) is 11.7 Å². The van der Waals surface area contributed by atoms with Crippen molar-refractivity contribution < 1.29 is 9.53 Å². The number of carbonyl (C=O) groups is 1. The molecule has 0 bridgehead atoms. The first-order chi connectivity index (χ1) is 12.2. The van der Waals surface area contributed by atoms with E-state index in [1.807, 2.05) is 37.3 Å². The van der Waals surface area contributed by atoms with Gasteiger partial charge in [0.1, 0.15) is 11.4 Å². The van der Waals surface area contributed by atoms with Crippen molar-refractivity contribution >= 4 is 5.91 Å².